The Kier molecular flexibility index (Phi) is 3.24. The number of nitrogens with zero attached hydrogens (tertiary/aromatic N) is 1. The lowest BCUT2D eigenvalue weighted by molar-refractivity contribution is 0.403. The summed E-state index contributed by atoms with van der Waals surface area (Å²) in [7, 11) is 1.61. The van der Waals surface area contributed by atoms with Crippen LogP contribution in [0.15, 0.2) is 45.6 Å². The Labute approximate surface area is 121 Å². The molecule has 3 heterocycles. The van der Waals surface area contributed by atoms with Crippen molar-refractivity contribution in [2.24, 2.45) is 4.99 Å². The maximum Gasteiger partial charge on any atom is 0.174 e. The van der Waals surface area contributed by atoms with Crippen molar-refractivity contribution in [1.29, 1.82) is 0 Å². The van der Waals surface area contributed by atoms with Crippen LogP contribution in [0.5, 0.6) is 5.75 Å². The Morgan fingerprint density at radius 1 is 1.45 bits per heavy atom. The van der Waals surface area contributed by atoms with Crippen LogP contribution in [-0.2, 0) is 0 Å². The Bertz CT molecular complexity index is 721. The van der Waals surface area contributed by atoms with Gasteiger partial charge in [0, 0.05) is 24.1 Å². The molecule has 2 aromatic heterocycles. The van der Waals surface area contributed by atoms with E-state index in [2.05, 4.69) is 9.98 Å². The van der Waals surface area contributed by atoms with E-state index in [0.29, 0.717) is 22.3 Å². The average Bonchev–Trinajstić information content (AvgIpc) is 3.17. The van der Waals surface area contributed by atoms with Crippen LogP contribution >= 0.6 is 11.6 Å². The summed E-state index contributed by atoms with van der Waals surface area (Å²) in [5.41, 5.74) is 2.52. The van der Waals surface area contributed by atoms with Crippen molar-refractivity contribution >= 4 is 23.4 Å². The molecule has 3 rings (SSSR count). The summed E-state index contributed by atoms with van der Waals surface area (Å²) in [6, 6.07) is 3.60. The van der Waals surface area contributed by atoms with Crippen molar-refractivity contribution in [2.75, 3.05) is 7.11 Å². The first-order valence-electron chi connectivity index (χ1n) is 6.13. The largest absolute Gasteiger partial charge is 0.493 e. The summed E-state index contributed by atoms with van der Waals surface area (Å²) < 4.78 is 11.3. The minimum absolute atomic E-state index is 0.608. The Morgan fingerprint density at radius 2 is 2.30 bits per heavy atom. The number of aliphatic imine (C=N–C) groups is 1. The molecule has 1 N–H and O–H groups in total. The lowest BCUT2D eigenvalue weighted by Crippen LogP contribution is -1.86. The van der Waals surface area contributed by atoms with Crippen LogP contribution in [-0.4, -0.2) is 18.3 Å². The fraction of sp³-hybridized carbons (Fsp3) is 0.133. The molecule has 0 unspecified atom stereocenters. The first kappa shape index (κ1) is 12.8. The van der Waals surface area contributed by atoms with Crippen LogP contribution in [0.4, 0.5) is 0 Å². The molecule has 1 aliphatic rings. The number of furan rings is 1. The molecule has 102 valence electrons. The number of ether oxygens (including phenoxy) is 1. The molecule has 0 atom stereocenters. The van der Waals surface area contributed by atoms with E-state index in [1.807, 2.05) is 25.1 Å². The summed E-state index contributed by atoms with van der Waals surface area (Å²) >= 11 is 6.11. The topological polar surface area (TPSA) is 50.5 Å². The molecular formula is C15H13ClN2O2. The molecule has 0 bridgehead atoms. The number of rotatable bonds is 3. The minimum atomic E-state index is 0.608. The van der Waals surface area contributed by atoms with Gasteiger partial charge in [0.15, 0.2) is 17.3 Å². The van der Waals surface area contributed by atoms with Crippen LogP contribution in [0.1, 0.15) is 12.7 Å². The summed E-state index contributed by atoms with van der Waals surface area (Å²) in [5.74, 6) is 1.95. The van der Waals surface area contributed by atoms with Gasteiger partial charge < -0.3 is 14.1 Å². The van der Waals surface area contributed by atoms with Crippen molar-refractivity contribution in [3.8, 4) is 17.2 Å². The third-order valence-corrected chi connectivity index (χ3v) is 3.45. The first-order valence-corrected chi connectivity index (χ1v) is 6.51. The van der Waals surface area contributed by atoms with Gasteiger partial charge in [0.1, 0.15) is 5.69 Å². The van der Waals surface area contributed by atoms with Gasteiger partial charge >= 0.3 is 0 Å². The predicted molar refractivity (Wildman–Crippen MR) is 80.3 cm³/mol. The monoisotopic (exact) mass is 288 g/mol. The second kappa shape index (κ2) is 5.06. The molecule has 0 aromatic carbocycles. The normalized spacial score (nSPS) is 15.9. The number of H-pyrrole nitrogens is 1. The van der Waals surface area contributed by atoms with E-state index in [1.54, 1.807) is 25.6 Å². The number of aromatic amines is 1. The number of hydrogen-bond acceptors (Lipinski definition) is 3. The molecule has 2 aromatic rings. The van der Waals surface area contributed by atoms with E-state index < -0.39 is 0 Å². The maximum absolute atomic E-state index is 6.11. The number of hydrogen-bond donors (Lipinski definition) is 1. The molecule has 0 radical (unpaired) electrons. The summed E-state index contributed by atoms with van der Waals surface area (Å²) in [6.07, 6.45) is 7.33. The summed E-state index contributed by atoms with van der Waals surface area (Å²) in [6.45, 7) is 1.95. The van der Waals surface area contributed by atoms with E-state index >= 15 is 0 Å². The Morgan fingerprint density at radius 3 is 2.90 bits per heavy atom. The van der Waals surface area contributed by atoms with E-state index in [1.165, 1.54) is 0 Å². The van der Waals surface area contributed by atoms with Gasteiger partial charge in [-0.05, 0) is 25.1 Å². The molecule has 0 spiro atoms. The van der Waals surface area contributed by atoms with Gasteiger partial charge in [0.25, 0.3) is 0 Å². The van der Waals surface area contributed by atoms with Crippen LogP contribution in [0, 0.1) is 0 Å². The van der Waals surface area contributed by atoms with Crippen molar-refractivity contribution in [1.82, 2.24) is 4.98 Å². The van der Waals surface area contributed by atoms with Gasteiger partial charge in [-0.25, -0.2) is 0 Å². The lowest BCUT2D eigenvalue weighted by atomic mass is 10.1. The number of allylic oxidation sites excluding steroid dienone is 3. The van der Waals surface area contributed by atoms with Gasteiger partial charge in [-0.1, -0.05) is 11.6 Å². The molecule has 0 aliphatic carbocycles. The number of methoxy groups -OCH3 is 1. The Balaban J connectivity index is 2.11. The highest BCUT2D eigenvalue weighted by Gasteiger charge is 2.19. The SMILES string of the molecule is COc1cc(-c2[nH]ccc2Cl)oc1/C(C)=C1\C=CC=N1. The highest BCUT2D eigenvalue weighted by atomic mass is 35.5. The van der Waals surface area contributed by atoms with Gasteiger partial charge in [-0.3, -0.25) is 4.99 Å². The van der Waals surface area contributed by atoms with Gasteiger partial charge in [0.2, 0.25) is 0 Å². The molecule has 1 aliphatic heterocycles. The zero-order valence-corrected chi connectivity index (χ0v) is 11.9. The second-order valence-electron chi connectivity index (χ2n) is 4.36. The van der Waals surface area contributed by atoms with Gasteiger partial charge in [0.05, 0.1) is 17.8 Å². The first-order chi connectivity index (χ1) is 9.70. The molecule has 0 saturated carbocycles. The smallest absolute Gasteiger partial charge is 0.174 e. The van der Waals surface area contributed by atoms with Crippen molar-refractivity contribution in [2.45, 2.75) is 6.92 Å². The van der Waals surface area contributed by atoms with Crippen molar-refractivity contribution in [3.05, 3.63) is 47.0 Å². The van der Waals surface area contributed by atoms with E-state index in [0.717, 1.165) is 17.0 Å². The van der Waals surface area contributed by atoms with Gasteiger partial charge in [-0.15, -0.1) is 0 Å². The van der Waals surface area contributed by atoms with Crippen LogP contribution in [0.2, 0.25) is 5.02 Å². The van der Waals surface area contributed by atoms with Crippen LogP contribution in [0.25, 0.3) is 17.0 Å². The van der Waals surface area contributed by atoms with Crippen molar-refractivity contribution < 1.29 is 9.15 Å². The number of halogens is 1. The van der Waals surface area contributed by atoms with Crippen LogP contribution < -0.4 is 4.74 Å². The fourth-order valence-electron chi connectivity index (χ4n) is 2.09. The highest BCUT2D eigenvalue weighted by Crippen LogP contribution is 2.38. The maximum atomic E-state index is 6.11. The second-order valence-corrected chi connectivity index (χ2v) is 4.76. The zero-order chi connectivity index (χ0) is 14.1. The van der Waals surface area contributed by atoms with Crippen LogP contribution in [0.3, 0.4) is 0 Å². The minimum Gasteiger partial charge on any atom is -0.493 e. The molecular weight excluding hydrogens is 276 g/mol. The molecule has 20 heavy (non-hydrogen) atoms. The molecule has 5 heteroatoms. The predicted octanol–water partition coefficient (Wildman–Crippen LogP) is 4.31. The van der Waals surface area contributed by atoms with Crippen molar-refractivity contribution in [3.63, 3.8) is 0 Å². The Hall–Kier alpha value is -2.20. The molecule has 0 fully saturated rings. The zero-order valence-electron chi connectivity index (χ0n) is 11.1. The fourth-order valence-corrected chi connectivity index (χ4v) is 2.30. The number of nitrogens with one attached hydrogen (secondary N) is 1. The van der Waals surface area contributed by atoms with E-state index in [4.69, 9.17) is 20.8 Å². The molecule has 4 nitrogen and oxygen atoms in total. The average molecular weight is 289 g/mol. The van der Waals surface area contributed by atoms with E-state index in [9.17, 15) is 0 Å². The molecule has 0 amide bonds. The highest BCUT2D eigenvalue weighted by molar-refractivity contribution is 6.33. The standard InChI is InChI=1S/C15H13ClN2O2/c1-9(11-4-3-6-17-11)15-13(19-2)8-12(20-15)14-10(16)5-7-18-14/h3-8,18H,1-2H3/b11-9+. The van der Waals surface area contributed by atoms with Gasteiger partial charge in [-0.2, -0.15) is 0 Å². The quantitative estimate of drug-likeness (QED) is 0.915. The van der Waals surface area contributed by atoms with E-state index in [-0.39, 0.29) is 0 Å². The number of aromatic nitrogens is 1. The lowest BCUT2D eigenvalue weighted by Gasteiger charge is -2.02. The third-order valence-electron chi connectivity index (χ3n) is 3.14. The molecule has 0 saturated heterocycles. The summed E-state index contributed by atoms with van der Waals surface area (Å²) in [4.78, 5) is 7.32. The summed E-state index contributed by atoms with van der Waals surface area (Å²) in [5, 5.41) is 0.608. The third kappa shape index (κ3) is 2.08.